The van der Waals surface area contributed by atoms with E-state index in [1.165, 1.54) is 24.5 Å². The maximum atomic E-state index is 15.0. The molecule has 0 fully saturated rings. The van der Waals surface area contributed by atoms with E-state index >= 15 is 4.39 Å². The lowest BCUT2D eigenvalue weighted by molar-refractivity contribution is 0.104. The van der Waals surface area contributed by atoms with Crippen LogP contribution in [0.4, 0.5) is 4.39 Å². The summed E-state index contributed by atoms with van der Waals surface area (Å²) < 4.78 is 27.0. The van der Waals surface area contributed by atoms with Crippen LogP contribution in [0.5, 0.6) is 11.5 Å². The fourth-order valence-electron chi connectivity index (χ4n) is 3.64. The molecule has 3 nitrogen and oxygen atoms in total. The largest absolute Gasteiger partial charge is 0.497 e. The fourth-order valence-corrected chi connectivity index (χ4v) is 4.74. The highest BCUT2D eigenvalue weighted by Gasteiger charge is 2.23. The molecule has 0 spiro atoms. The summed E-state index contributed by atoms with van der Waals surface area (Å²) in [6, 6.07) is 16.0. The number of ether oxygens (including phenoxy) is 2. The number of methoxy groups -OCH3 is 1. The summed E-state index contributed by atoms with van der Waals surface area (Å²) in [7, 11) is 1.49. The van der Waals surface area contributed by atoms with Gasteiger partial charge in [-0.25, -0.2) is 4.39 Å². The zero-order valence-corrected chi connectivity index (χ0v) is 19.5. The van der Waals surface area contributed by atoms with Gasteiger partial charge in [-0.1, -0.05) is 34.1 Å². The van der Waals surface area contributed by atoms with Crippen molar-refractivity contribution in [1.82, 2.24) is 0 Å². The average molecular weight is 499 g/mol. The highest BCUT2D eigenvalue weighted by molar-refractivity contribution is 9.09. The van der Waals surface area contributed by atoms with Crippen molar-refractivity contribution < 1.29 is 18.7 Å². The molecule has 31 heavy (non-hydrogen) atoms. The Morgan fingerprint density at radius 3 is 2.61 bits per heavy atom. The van der Waals surface area contributed by atoms with Crippen molar-refractivity contribution in [1.29, 1.82) is 0 Å². The van der Waals surface area contributed by atoms with E-state index in [4.69, 9.17) is 9.47 Å². The molecule has 0 aliphatic rings. The number of aryl methyl sites for hydroxylation is 1. The Balaban J connectivity index is 1.91. The topological polar surface area (TPSA) is 35.5 Å². The van der Waals surface area contributed by atoms with Crippen molar-refractivity contribution in [2.24, 2.45) is 0 Å². The van der Waals surface area contributed by atoms with Crippen LogP contribution in [0, 0.1) is 12.7 Å². The van der Waals surface area contributed by atoms with Crippen LogP contribution in [-0.4, -0.2) is 24.8 Å². The number of hydrogen-bond acceptors (Lipinski definition) is 4. The molecule has 0 saturated heterocycles. The number of halogens is 2. The molecule has 0 saturated carbocycles. The van der Waals surface area contributed by atoms with Crippen molar-refractivity contribution in [2.75, 3.05) is 19.0 Å². The lowest BCUT2D eigenvalue weighted by atomic mass is 9.89. The van der Waals surface area contributed by atoms with Crippen LogP contribution in [0.3, 0.4) is 0 Å². The molecule has 6 heteroatoms. The molecule has 0 unspecified atom stereocenters. The third-order valence-corrected chi connectivity index (χ3v) is 6.36. The third-order valence-electron chi connectivity index (χ3n) is 5.07. The predicted octanol–water partition coefficient (Wildman–Crippen LogP) is 7.03. The molecule has 4 aromatic rings. The maximum Gasteiger partial charge on any atom is 0.195 e. The molecule has 4 rings (SSSR count). The number of ketones is 1. The fraction of sp³-hybridized carbons (Fsp3) is 0.160. The van der Waals surface area contributed by atoms with Gasteiger partial charge < -0.3 is 9.47 Å². The van der Waals surface area contributed by atoms with Crippen LogP contribution in [0.2, 0.25) is 0 Å². The SMILES string of the molecule is COc1ccc(-c2cc(OCCBr)cc(C)c2C(=O)c2csc3ccccc23)c(F)c1. The molecule has 0 bridgehead atoms. The number of thiophene rings is 1. The summed E-state index contributed by atoms with van der Waals surface area (Å²) in [6.45, 7) is 2.32. The minimum absolute atomic E-state index is 0.132. The first kappa shape index (κ1) is 21.5. The number of fused-ring (bicyclic) bond motifs is 1. The van der Waals surface area contributed by atoms with Crippen molar-refractivity contribution in [3.63, 3.8) is 0 Å². The second-order valence-corrected chi connectivity index (χ2v) is 8.72. The molecule has 1 heterocycles. The Labute approximate surface area is 192 Å². The first-order valence-corrected chi connectivity index (χ1v) is 11.7. The van der Waals surface area contributed by atoms with E-state index in [2.05, 4.69) is 15.9 Å². The molecule has 0 aliphatic heterocycles. The minimum Gasteiger partial charge on any atom is -0.497 e. The molecule has 0 N–H and O–H groups in total. The second-order valence-electron chi connectivity index (χ2n) is 7.02. The Kier molecular flexibility index (Phi) is 6.39. The predicted molar refractivity (Wildman–Crippen MR) is 128 cm³/mol. The second kappa shape index (κ2) is 9.20. The smallest absolute Gasteiger partial charge is 0.195 e. The maximum absolute atomic E-state index is 15.0. The number of hydrogen-bond donors (Lipinski definition) is 0. The van der Waals surface area contributed by atoms with E-state index in [1.54, 1.807) is 18.2 Å². The van der Waals surface area contributed by atoms with Gasteiger partial charge in [0.05, 0.1) is 13.7 Å². The number of carbonyl (C=O) groups is 1. The normalized spacial score (nSPS) is 11.0. The van der Waals surface area contributed by atoms with Crippen molar-refractivity contribution >= 4 is 43.1 Å². The van der Waals surface area contributed by atoms with Crippen molar-refractivity contribution in [3.8, 4) is 22.6 Å². The molecule has 158 valence electrons. The van der Waals surface area contributed by atoms with Gasteiger partial charge in [0.25, 0.3) is 0 Å². The molecule has 0 atom stereocenters. The van der Waals surface area contributed by atoms with E-state index in [-0.39, 0.29) is 5.78 Å². The van der Waals surface area contributed by atoms with E-state index < -0.39 is 5.82 Å². The lowest BCUT2D eigenvalue weighted by Crippen LogP contribution is -2.08. The Morgan fingerprint density at radius 1 is 1.06 bits per heavy atom. The van der Waals surface area contributed by atoms with Gasteiger partial charge in [0.1, 0.15) is 17.3 Å². The Hall–Kier alpha value is -2.70. The Morgan fingerprint density at radius 2 is 1.87 bits per heavy atom. The number of carbonyl (C=O) groups excluding carboxylic acids is 1. The van der Waals surface area contributed by atoms with Crippen LogP contribution >= 0.6 is 27.3 Å². The van der Waals surface area contributed by atoms with Gasteiger partial charge >= 0.3 is 0 Å². The van der Waals surface area contributed by atoms with Gasteiger partial charge in [0.15, 0.2) is 5.78 Å². The highest BCUT2D eigenvalue weighted by atomic mass is 79.9. The highest BCUT2D eigenvalue weighted by Crippen LogP contribution is 2.37. The summed E-state index contributed by atoms with van der Waals surface area (Å²) in [5.74, 6) is 0.420. The lowest BCUT2D eigenvalue weighted by Gasteiger charge is -2.16. The molecule has 0 radical (unpaired) electrons. The molecular formula is C25H20BrFO3S. The van der Waals surface area contributed by atoms with Crippen LogP contribution < -0.4 is 9.47 Å². The standard InChI is InChI=1S/C25H20BrFO3S/c1-15-11-17(30-10-9-26)12-20(18-8-7-16(29-2)13-22(18)27)24(15)25(28)21-14-31-23-6-4-3-5-19(21)23/h3-8,11-14H,9-10H2,1-2H3. The molecular weight excluding hydrogens is 479 g/mol. The summed E-state index contributed by atoms with van der Waals surface area (Å²) >= 11 is 4.88. The summed E-state index contributed by atoms with van der Waals surface area (Å²) in [6.07, 6.45) is 0. The van der Waals surface area contributed by atoms with Crippen LogP contribution in [0.1, 0.15) is 21.5 Å². The van der Waals surface area contributed by atoms with Gasteiger partial charge in [-0.3, -0.25) is 4.79 Å². The quantitative estimate of drug-likeness (QED) is 0.202. The van der Waals surface area contributed by atoms with E-state index in [0.29, 0.717) is 45.7 Å². The van der Waals surface area contributed by atoms with Gasteiger partial charge in [-0.2, -0.15) is 0 Å². The molecule has 3 aromatic carbocycles. The first-order valence-electron chi connectivity index (χ1n) is 9.71. The zero-order valence-electron chi connectivity index (χ0n) is 17.1. The number of benzene rings is 3. The van der Waals surface area contributed by atoms with Gasteiger partial charge in [-0.05, 0) is 48.4 Å². The van der Waals surface area contributed by atoms with Crippen LogP contribution in [0.25, 0.3) is 21.2 Å². The molecule has 1 aromatic heterocycles. The van der Waals surface area contributed by atoms with Crippen LogP contribution in [-0.2, 0) is 0 Å². The third kappa shape index (κ3) is 4.23. The number of alkyl halides is 1. The Bertz CT molecular complexity index is 1270. The van der Waals surface area contributed by atoms with Crippen molar-refractivity contribution in [3.05, 3.63) is 82.5 Å². The average Bonchev–Trinajstić information content (AvgIpc) is 3.21. The van der Waals surface area contributed by atoms with Gasteiger partial charge in [-0.15, -0.1) is 11.3 Å². The van der Waals surface area contributed by atoms with Gasteiger partial charge in [0, 0.05) is 43.6 Å². The first-order chi connectivity index (χ1) is 15.0. The van der Waals surface area contributed by atoms with E-state index in [0.717, 1.165) is 15.6 Å². The minimum atomic E-state index is -0.458. The van der Waals surface area contributed by atoms with Gasteiger partial charge in [0.2, 0.25) is 0 Å². The van der Waals surface area contributed by atoms with Crippen molar-refractivity contribution in [2.45, 2.75) is 6.92 Å². The zero-order chi connectivity index (χ0) is 22.0. The molecule has 0 aliphatic carbocycles. The van der Waals surface area contributed by atoms with Crippen LogP contribution in [0.15, 0.2) is 60.0 Å². The van der Waals surface area contributed by atoms with E-state index in [9.17, 15) is 4.79 Å². The summed E-state index contributed by atoms with van der Waals surface area (Å²) in [5.41, 5.74) is 2.66. The monoisotopic (exact) mass is 498 g/mol. The van der Waals surface area contributed by atoms with E-state index in [1.807, 2.05) is 42.6 Å². The number of rotatable bonds is 7. The summed E-state index contributed by atoms with van der Waals surface area (Å²) in [4.78, 5) is 13.7. The molecule has 0 amide bonds. The summed E-state index contributed by atoms with van der Waals surface area (Å²) in [5, 5.41) is 3.44.